The molecule has 22 heavy (non-hydrogen) atoms. The molecule has 6 nitrogen and oxygen atoms in total. The molecule has 1 aromatic heterocycles. The summed E-state index contributed by atoms with van der Waals surface area (Å²) in [6, 6.07) is 9.72. The standard InChI is InChI=1S/C15H21N3O3S/c1-13(19)8-9-17(2)22(20,21)15-10-16-18(12-15)11-14-6-4-3-5-7-14/h3-7,10,12-13,19H,8-9,11H2,1-2H3. The molecule has 0 bridgehead atoms. The van der Waals surface area contributed by atoms with E-state index in [-0.39, 0.29) is 11.4 Å². The van der Waals surface area contributed by atoms with Gasteiger partial charge in [-0.05, 0) is 18.9 Å². The van der Waals surface area contributed by atoms with Crippen LogP contribution in [0.3, 0.4) is 0 Å². The number of aliphatic hydroxyl groups is 1. The van der Waals surface area contributed by atoms with Gasteiger partial charge in [0.25, 0.3) is 0 Å². The van der Waals surface area contributed by atoms with Crippen LogP contribution in [0.5, 0.6) is 0 Å². The lowest BCUT2D eigenvalue weighted by molar-refractivity contribution is 0.177. The van der Waals surface area contributed by atoms with E-state index in [1.54, 1.807) is 11.6 Å². The minimum atomic E-state index is -3.57. The maximum absolute atomic E-state index is 12.4. The zero-order valence-electron chi connectivity index (χ0n) is 12.8. The van der Waals surface area contributed by atoms with E-state index in [2.05, 4.69) is 5.10 Å². The number of aliphatic hydroxyl groups excluding tert-OH is 1. The quantitative estimate of drug-likeness (QED) is 0.834. The fraction of sp³-hybridized carbons (Fsp3) is 0.400. The molecule has 2 rings (SSSR count). The Morgan fingerprint density at radius 1 is 1.32 bits per heavy atom. The highest BCUT2D eigenvalue weighted by atomic mass is 32.2. The Bertz CT molecular complexity index is 696. The lowest BCUT2D eigenvalue weighted by Crippen LogP contribution is -2.29. The molecule has 2 aromatic rings. The minimum absolute atomic E-state index is 0.163. The third-order valence-corrected chi connectivity index (χ3v) is 5.18. The molecule has 1 N–H and O–H groups in total. The second-order valence-electron chi connectivity index (χ2n) is 5.32. The van der Waals surface area contributed by atoms with E-state index in [4.69, 9.17) is 0 Å². The second-order valence-corrected chi connectivity index (χ2v) is 7.37. The van der Waals surface area contributed by atoms with Gasteiger partial charge >= 0.3 is 0 Å². The predicted molar refractivity (Wildman–Crippen MR) is 83.9 cm³/mol. The Labute approximate surface area is 131 Å². The smallest absolute Gasteiger partial charge is 0.245 e. The summed E-state index contributed by atoms with van der Waals surface area (Å²) in [4.78, 5) is 0.163. The maximum atomic E-state index is 12.4. The first kappa shape index (κ1) is 16.7. The van der Waals surface area contributed by atoms with Crippen LogP contribution >= 0.6 is 0 Å². The van der Waals surface area contributed by atoms with Gasteiger partial charge in [-0.25, -0.2) is 12.7 Å². The summed E-state index contributed by atoms with van der Waals surface area (Å²) < 4.78 is 27.6. The van der Waals surface area contributed by atoms with E-state index >= 15 is 0 Å². The Morgan fingerprint density at radius 3 is 2.64 bits per heavy atom. The topological polar surface area (TPSA) is 75.4 Å². The van der Waals surface area contributed by atoms with Crippen molar-refractivity contribution in [2.75, 3.05) is 13.6 Å². The fourth-order valence-electron chi connectivity index (χ4n) is 2.00. The Kier molecular flexibility index (Phi) is 5.33. The lowest BCUT2D eigenvalue weighted by Gasteiger charge is -2.16. The molecule has 0 saturated carbocycles. The monoisotopic (exact) mass is 323 g/mol. The van der Waals surface area contributed by atoms with Gasteiger partial charge in [-0.2, -0.15) is 5.10 Å². The van der Waals surface area contributed by atoms with E-state index in [0.29, 0.717) is 13.0 Å². The number of hydrogen-bond donors (Lipinski definition) is 1. The average molecular weight is 323 g/mol. The van der Waals surface area contributed by atoms with Gasteiger partial charge in [0.15, 0.2) is 0 Å². The van der Waals surface area contributed by atoms with Crippen LogP contribution in [-0.4, -0.2) is 47.3 Å². The zero-order valence-corrected chi connectivity index (χ0v) is 13.6. The summed E-state index contributed by atoms with van der Waals surface area (Å²) in [6.45, 7) is 2.43. The van der Waals surface area contributed by atoms with Crippen LogP contribution in [-0.2, 0) is 16.6 Å². The average Bonchev–Trinajstić information content (AvgIpc) is 2.95. The molecule has 0 saturated heterocycles. The molecule has 120 valence electrons. The van der Waals surface area contributed by atoms with E-state index in [1.807, 2.05) is 30.3 Å². The summed E-state index contributed by atoms with van der Waals surface area (Å²) in [5.74, 6) is 0. The molecule has 1 unspecified atom stereocenters. The van der Waals surface area contributed by atoms with Crippen LogP contribution in [0.4, 0.5) is 0 Å². The molecule has 7 heteroatoms. The van der Waals surface area contributed by atoms with E-state index in [1.165, 1.54) is 23.7 Å². The summed E-state index contributed by atoms with van der Waals surface area (Å²) in [7, 11) is -2.06. The summed E-state index contributed by atoms with van der Waals surface area (Å²) >= 11 is 0. The van der Waals surface area contributed by atoms with Crippen molar-refractivity contribution in [1.82, 2.24) is 14.1 Å². The van der Waals surface area contributed by atoms with E-state index < -0.39 is 16.1 Å². The van der Waals surface area contributed by atoms with Crippen molar-refractivity contribution in [2.45, 2.75) is 30.9 Å². The first-order valence-corrected chi connectivity index (χ1v) is 8.54. The number of aromatic nitrogens is 2. The Morgan fingerprint density at radius 2 is 2.00 bits per heavy atom. The summed E-state index contributed by atoms with van der Waals surface area (Å²) in [5.41, 5.74) is 1.05. The zero-order chi connectivity index (χ0) is 16.2. The van der Waals surface area contributed by atoms with Crippen LogP contribution in [0.25, 0.3) is 0 Å². The van der Waals surface area contributed by atoms with Gasteiger partial charge in [0.2, 0.25) is 10.0 Å². The molecule has 0 fully saturated rings. The third kappa shape index (κ3) is 4.16. The molecule has 0 amide bonds. The molecule has 0 radical (unpaired) electrons. The van der Waals surface area contributed by atoms with Crippen molar-refractivity contribution in [3.05, 3.63) is 48.3 Å². The van der Waals surface area contributed by atoms with Crippen LogP contribution in [0.1, 0.15) is 18.9 Å². The van der Waals surface area contributed by atoms with Gasteiger partial charge in [0.1, 0.15) is 4.90 Å². The highest BCUT2D eigenvalue weighted by molar-refractivity contribution is 7.89. The SMILES string of the molecule is CC(O)CCN(C)S(=O)(=O)c1cnn(Cc2ccccc2)c1. The molecule has 0 aliphatic rings. The summed E-state index contributed by atoms with van der Waals surface area (Å²) in [5, 5.41) is 13.4. The minimum Gasteiger partial charge on any atom is -0.393 e. The first-order valence-electron chi connectivity index (χ1n) is 7.10. The highest BCUT2D eigenvalue weighted by Crippen LogP contribution is 2.14. The van der Waals surface area contributed by atoms with Gasteiger partial charge in [0, 0.05) is 19.8 Å². The van der Waals surface area contributed by atoms with Gasteiger partial charge in [-0.15, -0.1) is 0 Å². The molecule has 0 aliphatic heterocycles. The van der Waals surface area contributed by atoms with Gasteiger partial charge < -0.3 is 5.11 Å². The number of nitrogens with zero attached hydrogens (tertiary/aromatic N) is 3. The molecule has 0 aliphatic carbocycles. The number of hydrogen-bond acceptors (Lipinski definition) is 4. The largest absolute Gasteiger partial charge is 0.393 e. The normalized spacial score (nSPS) is 13.5. The first-order chi connectivity index (χ1) is 10.4. The van der Waals surface area contributed by atoms with E-state index in [9.17, 15) is 13.5 Å². The Balaban J connectivity index is 2.09. The molecule has 1 aromatic carbocycles. The number of sulfonamides is 1. The summed E-state index contributed by atoms with van der Waals surface area (Å²) in [6.07, 6.45) is 2.75. The van der Waals surface area contributed by atoms with E-state index in [0.717, 1.165) is 5.56 Å². The Hall–Kier alpha value is -1.70. The van der Waals surface area contributed by atoms with Crippen molar-refractivity contribution in [2.24, 2.45) is 0 Å². The molecule has 1 heterocycles. The maximum Gasteiger partial charge on any atom is 0.245 e. The third-order valence-electron chi connectivity index (χ3n) is 3.37. The van der Waals surface area contributed by atoms with Crippen molar-refractivity contribution >= 4 is 10.0 Å². The molecular formula is C15H21N3O3S. The predicted octanol–water partition coefficient (Wildman–Crippen LogP) is 1.32. The van der Waals surface area contributed by atoms with Crippen LogP contribution < -0.4 is 0 Å². The van der Waals surface area contributed by atoms with Crippen molar-refractivity contribution in [3.63, 3.8) is 0 Å². The van der Waals surface area contributed by atoms with Gasteiger partial charge in [-0.3, -0.25) is 4.68 Å². The van der Waals surface area contributed by atoms with Crippen molar-refractivity contribution < 1.29 is 13.5 Å². The van der Waals surface area contributed by atoms with Gasteiger partial charge in [-0.1, -0.05) is 30.3 Å². The fourth-order valence-corrected chi connectivity index (χ4v) is 3.14. The molecule has 0 spiro atoms. The van der Waals surface area contributed by atoms with Crippen LogP contribution in [0.15, 0.2) is 47.6 Å². The van der Waals surface area contributed by atoms with Gasteiger partial charge in [0.05, 0.1) is 18.8 Å². The highest BCUT2D eigenvalue weighted by Gasteiger charge is 2.22. The van der Waals surface area contributed by atoms with Crippen LogP contribution in [0.2, 0.25) is 0 Å². The molecule has 1 atom stereocenters. The number of rotatable bonds is 7. The second kappa shape index (κ2) is 7.04. The van der Waals surface area contributed by atoms with Crippen LogP contribution in [0, 0.1) is 0 Å². The number of benzene rings is 1. The van der Waals surface area contributed by atoms with Crippen molar-refractivity contribution in [3.8, 4) is 0 Å². The van der Waals surface area contributed by atoms with Crippen molar-refractivity contribution in [1.29, 1.82) is 0 Å². The molecular weight excluding hydrogens is 302 g/mol. The lowest BCUT2D eigenvalue weighted by atomic mass is 10.2.